The summed E-state index contributed by atoms with van der Waals surface area (Å²) in [5.74, 6) is -0.128. The molecule has 1 aromatic carbocycles. The maximum atomic E-state index is 11.9. The van der Waals surface area contributed by atoms with Gasteiger partial charge in [0.25, 0.3) is 5.91 Å². The standard InChI is InChI=1S/C13H18N2O3/c16-7-5-10-1-3-11(4-2-10)15-13(17)12-9-14-6-8-18-12/h1-4,12,14,16H,5-9H2,(H,15,17). The molecular weight excluding hydrogens is 232 g/mol. The molecule has 5 nitrogen and oxygen atoms in total. The smallest absolute Gasteiger partial charge is 0.254 e. The van der Waals surface area contributed by atoms with Crippen molar-refractivity contribution < 1.29 is 14.6 Å². The maximum absolute atomic E-state index is 11.9. The monoisotopic (exact) mass is 250 g/mol. The van der Waals surface area contributed by atoms with Gasteiger partial charge in [0.2, 0.25) is 0 Å². The molecule has 1 saturated heterocycles. The lowest BCUT2D eigenvalue weighted by Gasteiger charge is -2.22. The first kappa shape index (κ1) is 13.0. The molecule has 1 fully saturated rings. The zero-order chi connectivity index (χ0) is 12.8. The van der Waals surface area contributed by atoms with Crippen molar-refractivity contribution >= 4 is 11.6 Å². The van der Waals surface area contributed by atoms with Crippen LogP contribution in [0, 0.1) is 0 Å². The molecule has 1 heterocycles. The van der Waals surface area contributed by atoms with Crippen LogP contribution in [0.15, 0.2) is 24.3 Å². The Hall–Kier alpha value is -1.43. The average Bonchev–Trinajstić information content (AvgIpc) is 2.42. The fourth-order valence-corrected chi connectivity index (χ4v) is 1.84. The molecule has 1 amide bonds. The number of aliphatic hydroxyl groups is 1. The molecule has 0 bridgehead atoms. The minimum absolute atomic E-state index is 0.128. The predicted octanol–water partition coefficient (Wildman–Crippen LogP) is 0.148. The van der Waals surface area contributed by atoms with Gasteiger partial charge < -0.3 is 20.5 Å². The minimum atomic E-state index is -0.420. The number of ether oxygens (including phenoxy) is 1. The van der Waals surface area contributed by atoms with Crippen molar-refractivity contribution in [2.75, 3.05) is 31.6 Å². The number of carbonyl (C=O) groups excluding carboxylic acids is 1. The second-order valence-electron chi connectivity index (χ2n) is 4.22. The van der Waals surface area contributed by atoms with Crippen LogP contribution < -0.4 is 10.6 Å². The van der Waals surface area contributed by atoms with Gasteiger partial charge in [0, 0.05) is 25.4 Å². The molecule has 98 valence electrons. The lowest BCUT2D eigenvalue weighted by Crippen LogP contribution is -2.45. The number of rotatable bonds is 4. The molecule has 3 N–H and O–H groups in total. The van der Waals surface area contributed by atoms with Crippen LogP contribution in [0.2, 0.25) is 0 Å². The topological polar surface area (TPSA) is 70.6 Å². The molecule has 0 radical (unpaired) electrons. The van der Waals surface area contributed by atoms with E-state index in [-0.39, 0.29) is 12.5 Å². The third-order valence-corrected chi connectivity index (χ3v) is 2.84. The van der Waals surface area contributed by atoms with E-state index >= 15 is 0 Å². The second-order valence-corrected chi connectivity index (χ2v) is 4.22. The summed E-state index contributed by atoms with van der Waals surface area (Å²) in [4.78, 5) is 11.9. The van der Waals surface area contributed by atoms with E-state index in [1.54, 1.807) is 0 Å². The van der Waals surface area contributed by atoms with Crippen LogP contribution in [0.3, 0.4) is 0 Å². The van der Waals surface area contributed by atoms with Crippen molar-refractivity contribution in [3.8, 4) is 0 Å². The zero-order valence-electron chi connectivity index (χ0n) is 10.2. The number of hydrogen-bond acceptors (Lipinski definition) is 4. The molecule has 1 aromatic rings. The van der Waals surface area contributed by atoms with Crippen LogP contribution in [0.5, 0.6) is 0 Å². The zero-order valence-corrected chi connectivity index (χ0v) is 10.2. The Balaban J connectivity index is 1.89. The van der Waals surface area contributed by atoms with E-state index in [0.717, 1.165) is 17.8 Å². The normalized spacial score (nSPS) is 19.5. The number of nitrogens with one attached hydrogen (secondary N) is 2. The van der Waals surface area contributed by atoms with Gasteiger partial charge in [-0.1, -0.05) is 12.1 Å². The Kier molecular flexibility index (Phi) is 4.69. The van der Waals surface area contributed by atoms with E-state index < -0.39 is 6.10 Å². The first-order valence-electron chi connectivity index (χ1n) is 6.12. The van der Waals surface area contributed by atoms with Crippen LogP contribution in [-0.4, -0.2) is 43.4 Å². The lowest BCUT2D eigenvalue weighted by atomic mass is 10.1. The molecular formula is C13H18N2O3. The summed E-state index contributed by atoms with van der Waals surface area (Å²) in [6.07, 6.45) is 0.208. The van der Waals surface area contributed by atoms with Crippen molar-refractivity contribution in [2.24, 2.45) is 0 Å². The van der Waals surface area contributed by atoms with Crippen molar-refractivity contribution in [1.82, 2.24) is 5.32 Å². The highest BCUT2D eigenvalue weighted by atomic mass is 16.5. The van der Waals surface area contributed by atoms with Crippen molar-refractivity contribution in [3.05, 3.63) is 29.8 Å². The van der Waals surface area contributed by atoms with E-state index in [1.807, 2.05) is 24.3 Å². The molecule has 1 aliphatic rings. The first-order chi connectivity index (χ1) is 8.79. The summed E-state index contributed by atoms with van der Waals surface area (Å²) in [5.41, 5.74) is 1.79. The molecule has 2 rings (SSSR count). The van der Waals surface area contributed by atoms with Gasteiger partial charge in [0.05, 0.1) is 6.61 Å². The van der Waals surface area contributed by atoms with Gasteiger partial charge in [-0.25, -0.2) is 0 Å². The predicted molar refractivity (Wildman–Crippen MR) is 68.5 cm³/mol. The largest absolute Gasteiger partial charge is 0.396 e. The van der Waals surface area contributed by atoms with Crippen molar-refractivity contribution in [2.45, 2.75) is 12.5 Å². The number of hydrogen-bond donors (Lipinski definition) is 3. The van der Waals surface area contributed by atoms with Crippen LogP contribution in [0.1, 0.15) is 5.56 Å². The van der Waals surface area contributed by atoms with E-state index in [4.69, 9.17) is 9.84 Å². The van der Waals surface area contributed by atoms with Crippen molar-refractivity contribution in [3.63, 3.8) is 0 Å². The molecule has 1 unspecified atom stereocenters. The quantitative estimate of drug-likeness (QED) is 0.711. The third kappa shape index (κ3) is 3.53. The van der Waals surface area contributed by atoms with E-state index in [0.29, 0.717) is 19.6 Å². The van der Waals surface area contributed by atoms with Crippen LogP contribution in [0.25, 0.3) is 0 Å². The Morgan fingerprint density at radius 3 is 2.83 bits per heavy atom. The summed E-state index contributed by atoms with van der Waals surface area (Å²) in [6.45, 7) is 2.04. The third-order valence-electron chi connectivity index (χ3n) is 2.84. The van der Waals surface area contributed by atoms with E-state index in [9.17, 15) is 4.79 Å². The maximum Gasteiger partial charge on any atom is 0.254 e. The summed E-state index contributed by atoms with van der Waals surface area (Å²) in [6, 6.07) is 7.45. The van der Waals surface area contributed by atoms with Crippen LogP contribution in [-0.2, 0) is 16.0 Å². The lowest BCUT2D eigenvalue weighted by molar-refractivity contribution is -0.128. The minimum Gasteiger partial charge on any atom is -0.396 e. The highest BCUT2D eigenvalue weighted by Crippen LogP contribution is 2.11. The van der Waals surface area contributed by atoms with E-state index in [2.05, 4.69) is 10.6 Å². The molecule has 0 spiro atoms. The SMILES string of the molecule is O=C(Nc1ccc(CCO)cc1)C1CNCCO1. The van der Waals surface area contributed by atoms with Gasteiger partial charge in [0.1, 0.15) is 6.10 Å². The molecule has 0 aromatic heterocycles. The highest BCUT2D eigenvalue weighted by molar-refractivity contribution is 5.94. The number of morpholine rings is 1. The fraction of sp³-hybridized carbons (Fsp3) is 0.462. The van der Waals surface area contributed by atoms with Crippen molar-refractivity contribution in [1.29, 1.82) is 0 Å². The number of benzene rings is 1. The molecule has 1 aliphatic heterocycles. The summed E-state index contributed by atoms with van der Waals surface area (Å²) >= 11 is 0. The highest BCUT2D eigenvalue weighted by Gasteiger charge is 2.21. The van der Waals surface area contributed by atoms with Gasteiger partial charge in [-0.15, -0.1) is 0 Å². The number of amides is 1. The number of aliphatic hydroxyl groups excluding tert-OH is 1. The molecule has 0 saturated carbocycles. The number of carbonyl (C=O) groups is 1. The summed E-state index contributed by atoms with van der Waals surface area (Å²) in [5, 5.41) is 14.7. The molecule has 0 aliphatic carbocycles. The van der Waals surface area contributed by atoms with Gasteiger partial charge in [-0.3, -0.25) is 4.79 Å². The molecule has 1 atom stereocenters. The Bertz CT molecular complexity index is 386. The van der Waals surface area contributed by atoms with Gasteiger partial charge >= 0.3 is 0 Å². The van der Waals surface area contributed by atoms with Crippen LogP contribution in [0.4, 0.5) is 5.69 Å². The molecule has 18 heavy (non-hydrogen) atoms. The molecule has 5 heteroatoms. The Labute approximate surface area is 106 Å². The summed E-state index contributed by atoms with van der Waals surface area (Å²) < 4.78 is 5.37. The van der Waals surface area contributed by atoms with Gasteiger partial charge in [-0.2, -0.15) is 0 Å². The fourth-order valence-electron chi connectivity index (χ4n) is 1.84. The average molecular weight is 250 g/mol. The van der Waals surface area contributed by atoms with Gasteiger partial charge in [0.15, 0.2) is 0 Å². The second kappa shape index (κ2) is 6.49. The summed E-state index contributed by atoms with van der Waals surface area (Å²) in [7, 11) is 0. The first-order valence-corrected chi connectivity index (χ1v) is 6.12. The van der Waals surface area contributed by atoms with Gasteiger partial charge in [-0.05, 0) is 24.1 Å². The number of anilines is 1. The van der Waals surface area contributed by atoms with Crippen LogP contribution >= 0.6 is 0 Å². The van der Waals surface area contributed by atoms with E-state index in [1.165, 1.54) is 0 Å². The Morgan fingerprint density at radius 1 is 1.44 bits per heavy atom. The Morgan fingerprint density at radius 2 is 2.22 bits per heavy atom.